The van der Waals surface area contributed by atoms with E-state index in [1.165, 1.54) is 10.4 Å². The van der Waals surface area contributed by atoms with Crippen LogP contribution < -0.4 is 5.32 Å². The number of nitrogens with zero attached hydrogens (tertiary/aromatic N) is 5. The quantitative estimate of drug-likeness (QED) is 0.511. The third-order valence-corrected chi connectivity index (χ3v) is 7.37. The summed E-state index contributed by atoms with van der Waals surface area (Å²) in [4.78, 5) is 25.7. The van der Waals surface area contributed by atoms with Crippen molar-refractivity contribution in [3.8, 4) is 0 Å². The Morgan fingerprint density at radius 3 is 3.10 bits per heavy atom. The van der Waals surface area contributed by atoms with Gasteiger partial charge in [0.25, 0.3) is 0 Å². The molecular formula is C21H21ClN6OS. The van der Waals surface area contributed by atoms with E-state index in [1.54, 1.807) is 28.4 Å². The number of halogens is 1. The largest absolute Gasteiger partial charge is 0.346 e. The highest BCUT2D eigenvalue weighted by molar-refractivity contribution is 7.19. The number of aromatic nitrogens is 4. The molecule has 4 aromatic heterocycles. The van der Waals surface area contributed by atoms with Gasteiger partial charge in [0.1, 0.15) is 17.0 Å². The Kier molecular flexibility index (Phi) is 4.83. The minimum absolute atomic E-state index is 0.0404. The number of thiophene rings is 1. The Morgan fingerprint density at radius 1 is 1.40 bits per heavy atom. The van der Waals surface area contributed by atoms with Crippen LogP contribution in [0.4, 0.5) is 11.5 Å². The van der Waals surface area contributed by atoms with Crippen LogP contribution in [-0.2, 0) is 17.6 Å². The van der Waals surface area contributed by atoms with Crippen molar-refractivity contribution in [2.75, 3.05) is 18.9 Å². The van der Waals surface area contributed by atoms with Gasteiger partial charge in [0.05, 0.1) is 27.8 Å². The highest BCUT2D eigenvalue weighted by Crippen LogP contribution is 2.41. The van der Waals surface area contributed by atoms with Crippen molar-refractivity contribution in [3.63, 3.8) is 0 Å². The lowest BCUT2D eigenvalue weighted by atomic mass is 9.87. The maximum atomic E-state index is 12.7. The summed E-state index contributed by atoms with van der Waals surface area (Å²) in [6.07, 6.45) is 7.62. The number of carbonyl (C=O) groups excluding carboxylic acids is 1. The Labute approximate surface area is 182 Å². The van der Waals surface area contributed by atoms with E-state index in [9.17, 15) is 4.79 Å². The predicted octanol–water partition coefficient (Wildman–Crippen LogP) is 4.32. The number of nitrogens with one attached hydrogen (secondary N) is 1. The van der Waals surface area contributed by atoms with Gasteiger partial charge < -0.3 is 10.2 Å². The van der Waals surface area contributed by atoms with Crippen molar-refractivity contribution in [3.05, 3.63) is 46.3 Å². The van der Waals surface area contributed by atoms with Crippen LogP contribution in [0.5, 0.6) is 0 Å². The lowest BCUT2D eigenvalue weighted by Gasteiger charge is -2.26. The van der Waals surface area contributed by atoms with Gasteiger partial charge >= 0.3 is 0 Å². The Morgan fingerprint density at radius 2 is 2.27 bits per heavy atom. The zero-order valence-corrected chi connectivity index (χ0v) is 18.3. The summed E-state index contributed by atoms with van der Waals surface area (Å²) >= 11 is 8.26. The standard InChI is InChI=1S/C21H21ClN6OS/c1-3-27(2)21(29)12-4-5-13-16(10-12)30-20-17(13)19(23-11-24-20)26-14-7-9-28-15(18(14)22)6-8-25-28/h6-9,11-12H,3-5,10H2,1-2H3,(H,23,24,26)/t12-/m0/s1. The summed E-state index contributed by atoms with van der Waals surface area (Å²) < 4.78 is 1.74. The summed E-state index contributed by atoms with van der Waals surface area (Å²) in [6, 6.07) is 3.77. The molecule has 5 rings (SSSR count). The van der Waals surface area contributed by atoms with Crippen molar-refractivity contribution in [2.45, 2.75) is 26.2 Å². The van der Waals surface area contributed by atoms with E-state index in [-0.39, 0.29) is 11.8 Å². The molecule has 4 aromatic rings. The number of hydrogen-bond acceptors (Lipinski definition) is 6. The second-order valence-electron chi connectivity index (χ2n) is 7.53. The van der Waals surface area contributed by atoms with Gasteiger partial charge in [-0.05, 0) is 43.9 Å². The Bertz CT molecular complexity index is 1270. The monoisotopic (exact) mass is 440 g/mol. The highest BCUT2D eigenvalue weighted by Gasteiger charge is 2.30. The summed E-state index contributed by atoms with van der Waals surface area (Å²) in [5.74, 6) is 1.02. The van der Waals surface area contributed by atoms with E-state index >= 15 is 0 Å². The minimum Gasteiger partial charge on any atom is -0.346 e. The van der Waals surface area contributed by atoms with Gasteiger partial charge in [-0.15, -0.1) is 11.3 Å². The lowest BCUT2D eigenvalue weighted by Crippen LogP contribution is -2.35. The van der Waals surface area contributed by atoms with E-state index < -0.39 is 0 Å². The van der Waals surface area contributed by atoms with E-state index in [4.69, 9.17) is 11.6 Å². The molecule has 0 aromatic carbocycles. The SMILES string of the molecule is CCN(C)C(=O)[C@H]1CCc2c(sc3ncnc(Nc4ccn5nccc5c4Cl)c23)C1. The van der Waals surface area contributed by atoms with E-state index in [0.29, 0.717) is 5.02 Å². The third-order valence-electron chi connectivity index (χ3n) is 5.81. The molecule has 7 nitrogen and oxygen atoms in total. The normalized spacial score (nSPS) is 16.0. The van der Waals surface area contributed by atoms with E-state index in [0.717, 1.165) is 53.0 Å². The first-order valence-corrected chi connectivity index (χ1v) is 11.1. The molecule has 1 atom stereocenters. The summed E-state index contributed by atoms with van der Waals surface area (Å²) in [5.41, 5.74) is 2.86. The van der Waals surface area contributed by atoms with Crippen LogP contribution in [0.15, 0.2) is 30.9 Å². The second-order valence-corrected chi connectivity index (χ2v) is 8.99. The molecule has 30 heavy (non-hydrogen) atoms. The molecule has 1 aliphatic carbocycles. The minimum atomic E-state index is 0.0404. The van der Waals surface area contributed by atoms with Crippen LogP contribution in [0.3, 0.4) is 0 Å². The van der Waals surface area contributed by atoms with Crippen molar-refractivity contribution in [1.82, 2.24) is 24.5 Å². The molecule has 9 heteroatoms. The van der Waals surface area contributed by atoms with Crippen LogP contribution in [0.2, 0.25) is 5.02 Å². The van der Waals surface area contributed by atoms with Gasteiger partial charge in [0.15, 0.2) is 0 Å². The number of carbonyl (C=O) groups is 1. The van der Waals surface area contributed by atoms with Crippen molar-refractivity contribution in [2.24, 2.45) is 5.92 Å². The Hall–Kier alpha value is -2.71. The van der Waals surface area contributed by atoms with Crippen LogP contribution in [-0.4, -0.2) is 44.0 Å². The molecule has 0 aliphatic heterocycles. The van der Waals surface area contributed by atoms with Crippen LogP contribution in [0.25, 0.3) is 15.7 Å². The van der Waals surface area contributed by atoms with Crippen LogP contribution >= 0.6 is 22.9 Å². The zero-order chi connectivity index (χ0) is 20.8. The number of fused-ring (bicyclic) bond motifs is 4. The fourth-order valence-electron chi connectivity index (χ4n) is 4.07. The topological polar surface area (TPSA) is 75.4 Å². The smallest absolute Gasteiger partial charge is 0.225 e. The zero-order valence-electron chi connectivity index (χ0n) is 16.7. The van der Waals surface area contributed by atoms with Crippen molar-refractivity contribution in [1.29, 1.82) is 0 Å². The number of amides is 1. The molecule has 0 fully saturated rings. The number of anilines is 2. The molecular weight excluding hydrogens is 420 g/mol. The first-order valence-electron chi connectivity index (χ1n) is 9.96. The van der Waals surface area contributed by atoms with E-state index in [2.05, 4.69) is 20.4 Å². The summed E-state index contributed by atoms with van der Waals surface area (Å²) in [5, 5.41) is 9.25. The fraction of sp³-hybridized carbons (Fsp3) is 0.333. The van der Waals surface area contributed by atoms with Gasteiger partial charge in [-0.2, -0.15) is 5.10 Å². The maximum Gasteiger partial charge on any atom is 0.225 e. The highest BCUT2D eigenvalue weighted by atomic mass is 35.5. The first kappa shape index (κ1) is 19.3. The van der Waals surface area contributed by atoms with E-state index in [1.807, 2.05) is 37.2 Å². The molecule has 0 saturated carbocycles. The molecule has 154 valence electrons. The second kappa shape index (κ2) is 7.52. The van der Waals surface area contributed by atoms with Gasteiger partial charge in [-0.1, -0.05) is 11.6 Å². The first-order chi connectivity index (χ1) is 14.6. The number of aryl methyl sites for hydroxylation is 1. The van der Waals surface area contributed by atoms with Crippen molar-refractivity contribution < 1.29 is 4.79 Å². The molecule has 0 bridgehead atoms. The van der Waals surface area contributed by atoms with Gasteiger partial charge in [-0.25, -0.2) is 14.5 Å². The number of rotatable bonds is 4. The van der Waals surface area contributed by atoms with Gasteiger partial charge in [0, 0.05) is 30.6 Å². The number of hydrogen-bond donors (Lipinski definition) is 1. The summed E-state index contributed by atoms with van der Waals surface area (Å²) in [6.45, 7) is 2.74. The summed E-state index contributed by atoms with van der Waals surface area (Å²) in [7, 11) is 1.87. The van der Waals surface area contributed by atoms with Crippen LogP contribution in [0.1, 0.15) is 23.8 Å². The van der Waals surface area contributed by atoms with Crippen molar-refractivity contribution >= 4 is 56.1 Å². The molecule has 0 radical (unpaired) electrons. The maximum absolute atomic E-state index is 12.7. The lowest BCUT2D eigenvalue weighted by molar-refractivity contribution is -0.134. The Balaban J connectivity index is 1.51. The average molecular weight is 441 g/mol. The van der Waals surface area contributed by atoms with Crippen LogP contribution in [0, 0.1) is 5.92 Å². The molecule has 1 amide bonds. The molecule has 0 spiro atoms. The van der Waals surface area contributed by atoms with Gasteiger partial charge in [0.2, 0.25) is 5.91 Å². The molecule has 0 saturated heterocycles. The van der Waals surface area contributed by atoms with Gasteiger partial charge in [-0.3, -0.25) is 4.79 Å². The predicted molar refractivity (Wildman–Crippen MR) is 120 cm³/mol. The molecule has 1 aliphatic rings. The molecule has 0 unspecified atom stereocenters. The number of pyridine rings is 1. The average Bonchev–Trinajstić information content (AvgIpc) is 3.39. The third kappa shape index (κ3) is 3.11. The molecule has 4 heterocycles. The molecule has 1 N–H and O–H groups in total. The fourth-order valence-corrected chi connectivity index (χ4v) is 5.60.